The van der Waals surface area contributed by atoms with E-state index in [0.29, 0.717) is 24.0 Å². The van der Waals surface area contributed by atoms with E-state index in [9.17, 15) is 9.59 Å². The average Bonchev–Trinajstić information content (AvgIpc) is 2.74. The summed E-state index contributed by atoms with van der Waals surface area (Å²) in [6, 6.07) is 0. The number of carbonyl (C=O) groups excluding carboxylic acids is 1. The summed E-state index contributed by atoms with van der Waals surface area (Å²) in [5, 5.41) is 4.47. The Labute approximate surface area is 103 Å². The predicted molar refractivity (Wildman–Crippen MR) is 64.0 cm³/mol. The molecule has 0 spiro atoms. The van der Waals surface area contributed by atoms with Crippen LogP contribution < -0.4 is 5.56 Å². The number of aryl methyl sites for hydroxylation is 2. The van der Waals surface area contributed by atoms with Gasteiger partial charge in [-0.1, -0.05) is 0 Å². The first-order valence-electron chi connectivity index (χ1n) is 5.57. The van der Waals surface area contributed by atoms with Crippen LogP contribution in [-0.4, -0.2) is 32.4 Å². The first-order valence-corrected chi connectivity index (χ1v) is 5.57. The molecule has 2 aromatic heterocycles. The van der Waals surface area contributed by atoms with Crippen molar-refractivity contribution in [1.29, 1.82) is 0 Å². The minimum atomic E-state index is -0.279. The van der Waals surface area contributed by atoms with Gasteiger partial charge in [0, 0.05) is 20.0 Å². The lowest BCUT2D eigenvalue weighted by atomic mass is 10.3. The normalized spacial score (nSPS) is 10.8. The maximum atomic E-state index is 12.0. The van der Waals surface area contributed by atoms with Crippen molar-refractivity contribution < 1.29 is 9.53 Å². The molecule has 0 bridgehead atoms. The van der Waals surface area contributed by atoms with Gasteiger partial charge in [-0.3, -0.25) is 18.8 Å². The third kappa shape index (κ3) is 2.24. The number of fused-ring (bicyclic) bond motifs is 1. The highest BCUT2D eigenvalue weighted by molar-refractivity contribution is 5.72. The number of hydrogen-bond acceptors (Lipinski definition) is 5. The van der Waals surface area contributed by atoms with E-state index >= 15 is 0 Å². The number of nitrogens with zero attached hydrogens (tertiary/aromatic N) is 4. The lowest BCUT2D eigenvalue weighted by molar-refractivity contribution is -0.140. The van der Waals surface area contributed by atoms with Crippen molar-refractivity contribution in [2.45, 2.75) is 19.4 Å². The molecule has 0 aliphatic rings. The third-order valence-electron chi connectivity index (χ3n) is 2.73. The molecule has 7 nitrogen and oxygen atoms in total. The van der Waals surface area contributed by atoms with E-state index in [1.165, 1.54) is 24.2 Å². The van der Waals surface area contributed by atoms with Crippen molar-refractivity contribution >= 4 is 17.0 Å². The molecule has 2 aromatic rings. The van der Waals surface area contributed by atoms with E-state index in [4.69, 9.17) is 0 Å². The summed E-state index contributed by atoms with van der Waals surface area (Å²) < 4.78 is 7.57. The number of esters is 1. The van der Waals surface area contributed by atoms with E-state index in [1.807, 2.05) is 0 Å². The molecule has 0 aliphatic heterocycles. The van der Waals surface area contributed by atoms with Crippen molar-refractivity contribution in [3.05, 3.63) is 22.9 Å². The van der Waals surface area contributed by atoms with E-state index in [-0.39, 0.29) is 17.9 Å². The summed E-state index contributed by atoms with van der Waals surface area (Å²) in [6.45, 7) is 0.436. The third-order valence-corrected chi connectivity index (χ3v) is 2.73. The molecule has 96 valence electrons. The summed E-state index contributed by atoms with van der Waals surface area (Å²) in [5.41, 5.74) is 0.419. The Bertz CT molecular complexity index is 629. The molecule has 0 fully saturated rings. The Morgan fingerprint density at radius 3 is 3.00 bits per heavy atom. The SMILES string of the molecule is COC(=O)CCCn1cnc2c(cnn2C)c1=O. The Morgan fingerprint density at radius 2 is 2.28 bits per heavy atom. The molecule has 18 heavy (non-hydrogen) atoms. The topological polar surface area (TPSA) is 79.0 Å². The van der Waals surface area contributed by atoms with Crippen LogP contribution >= 0.6 is 0 Å². The highest BCUT2D eigenvalue weighted by Gasteiger charge is 2.08. The molecular weight excluding hydrogens is 236 g/mol. The monoisotopic (exact) mass is 250 g/mol. The van der Waals surface area contributed by atoms with Crippen LogP contribution in [0.25, 0.3) is 11.0 Å². The van der Waals surface area contributed by atoms with Gasteiger partial charge in [-0.2, -0.15) is 5.10 Å². The van der Waals surface area contributed by atoms with Crippen LogP contribution in [0.1, 0.15) is 12.8 Å². The average molecular weight is 250 g/mol. The van der Waals surface area contributed by atoms with Crippen LogP contribution in [0.3, 0.4) is 0 Å². The van der Waals surface area contributed by atoms with Crippen LogP contribution in [-0.2, 0) is 23.1 Å². The Kier molecular flexibility index (Phi) is 3.40. The molecule has 0 saturated heterocycles. The maximum Gasteiger partial charge on any atom is 0.305 e. The van der Waals surface area contributed by atoms with E-state index in [2.05, 4.69) is 14.8 Å². The summed E-state index contributed by atoms with van der Waals surface area (Å²) in [4.78, 5) is 27.2. The summed E-state index contributed by atoms with van der Waals surface area (Å²) in [6.07, 6.45) is 3.80. The lowest BCUT2D eigenvalue weighted by Gasteiger charge is -2.04. The molecule has 2 rings (SSSR count). The Hall–Kier alpha value is -2.18. The second-order valence-electron chi connectivity index (χ2n) is 3.93. The molecule has 2 heterocycles. The fraction of sp³-hybridized carbons (Fsp3) is 0.455. The Morgan fingerprint density at radius 1 is 1.50 bits per heavy atom. The fourth-order valence-electron chi connectivity index (χ4n) is 1.72. The molecule has 0 aromatic carbocycles. The van der Waals surface area contributed by atoms with Gasteiger partial charge in [0.05, 0.1) is 19.6 Å². The van der Waals surface area contributed by atoms with Gasteiger partial charge in [0.1, 0.15) is 5.39 Å². The maximum absolute atomic E-state index is 12.0. The van der Waals surface area contributed by atoms with Crippen molar-refractivity contribution in [2.75, 3.05) is 7.11 Å². The van der Waals surface area contributed by atoms with Gasteiger partial charge in [-0.15, -0.1) is 0 Å². The standard InChI is InChI=1S/C11H14N4O3/c1-14-10-8(6-13-14)11(17)15(7-12-10)5-3-4-9(16)18-2/h6-7H,3-5H2,1-2H3. The van der Waals surface area contributed by atoms with Crippen molar-refractivity contribution in [3.63, 3.8) is 0 Å². The van der Waals surface area contributed by atoms with Crippen molar-refractivity contribution in [1.82, 2.24) is 19.3 Å². The van der Waals surface area contributed by atoms with Crippen LogP contribution in [0, 0.1) is 0 Å². The van der Waals surface area contributed by atoms with Crippen LogP contribution in [0.5, 0.6) is 0 Å². The molecule has 0 unspecified atom stereocenters. The van der Waals surface area contributed by atoms with Gasteiger partial charge < -0.3 is 4.74 Å². The predicted octanol–water partition coefficient (Wildman–Crippen LogP) is 0.0832. The largest absolute Gasteiger partial charge is 0.469 e. The molecule has 7 heteroatoms. The number of aromatic nitrogens is 4. The molecule has 0 saturated carbocycles. The second-order valence-corrected chi connectivity index (χ2v) is 3.93. The van der Waals surface area contributed by atoms with E-state index < -0.39 is 0 Å². The van der Waals surface area contributed by atoms with Gasteiger partial charge in [0.25, 0.3) is 5.56 Å². The zero-order valence-corrected chi connectivity index (χ0v) is 10.3. The van der Waals surface area contributed by atoms with Crippen molar-refractivity contribution in [2.24, 2.45) is 7.05 Å². The molecule has 0 N–H and O–H groups in total. The minimum absolute atomic E-state index is 0.141. The molecule has 0 amide bonds. The molecule has 0 atom stereocenters. The second kappa shape index (κ2) is 4.99. The summed E-state index contributed by atoms with van der Waals surface area (Å²) >= 11 is 0. The van der Waals surface area contributed by atoms with Gasteiger partial charge in [-0.05, 0) is 6.42 Å². The number of ether oxygens (including phenoxy) is 1. The minimum Gasteiger partial charge on any atom is -0.469 e. The quantitative estimate of drug-likeness (QED) is 0.718. The van der Waals surface area contributed by atoms with Crippen molar-refractivity contribution in [3.8, 4) is 0 Å². The van der Waals surface area contributed by atoms with Gasteiger partial charge >= 0.3 is 5.97 Å². The zero-order chi connectivity index (χ0) is 13.1. The smallest absolute Gasteiger partial charge is 0.305 e. The first kappa shape index (κ1) is 12.3. The Balaban J connectivity index is 2.17. The number of methoxy groups -OCH3 is 1. The summed E-state index contributed by atoms with van der Waals surface area (Å²) in [5.74, 6) is -0.279. The molecule has 0 aliphatic carbocycles. The highest BCUT2D eigenvalue weighted by Crippen LogP contribution is 2.03. The van der Waals surface area contributed by atoms with E-state index in [1.54, 1.807) is 11.7 Å². The first-order chi connectivity index (χ1) is 8.63. The number of carbonyl (C=O) groups is 1. The van der Waals surface area contributed by atoms with Gasteiger partial charge in [0.2, 0.25) is 0 Å². The van der Waals surface area contributed by atoms with Crippen LogP contribution in [0.15, 0.2) is 17.3 Å². The zero-order valence-electron chi connectivity index (χ0n) is 10.3. The highest BCUT2D eigenvalue weighted by atomic mass is 16.5. The van der Waals surface area contributed by atoms with E-state index in [0.717, 1.165) is 0 Å². The number of hydrogen-bond donors (Lipinski definition) is 0. The van der Waals surface area contributed by atoms with Gasteiger partial charge in [0.15, 0.2) is 5.65 Å². The van der Waals surface area contributed by atoms with Gasteiger partial charge in [-0.25, -0.2) is 4.98 Å². The van der Waals surface area contributed by atoms with Crippen LogP contribution in [0.2, 0.25) is 0 Å². The lowest BCUT2D eigenvalue weighted by Crippen LogP contribution is -2.21. The number of rotatable bonds is 4. The van der Waals surface area contributed by atoms with Crippen LogP contribution in [0.4, 0.5) is 0 Å². The fourth-order valence-corrected chi connectivity index (χ4v) is 1.72. The molecule has 0 radical (unpaired) electrons. The molecular formula is C11H14N4O3. The summed E-state index contributed by atoms with van der Waals surface area (Å²) in [7, 11) is 3.08.